The van der Waals surface area contributed by atoms with Gasteiger partial charge in [-0.05, 0) is 55.2 Å². The van der Waals surface area contributed by atoms with Gasteiger partial charge in [0, 0.05) is 5.92 Å². The number of hydrogen-bond acceptors (Lipinski definition) is 3. The highest BCUT2D eigenvalue weighted by atomic mass is 16.5. The molecular formula is C17H20N2O. The summed E-state index contributed by atoms with van der Waals surface area (Å²) in [5, 5.41) is 4.04. The van der Waals surface area contributed by atoms with Crippen LogP contribution in [0.2, 0.25) is 0 Å². The molecule has 4 rings (SSSR count). The van der Waals surface area contributed by atoms with E-state index < -0.39 is 0 Å². The zero-order chi connectivity index (χ0) is 13.9. The van der Waals surface area contributed by atoms with Crippen molar-refractivity contribution in [2.45, 2.75) is 39.0 Å². The monoisotopic (exact) mass is 268 g/mol. The van der Waals surface area contributed by atoms with Crippen molar-refractivity contribution in [3.63, 3.8) is 0 Å². The van der Waals surface area contributed by atoms with Crippen LogP contribution in [0.3, 0.4) is 0 Å². The van der Waals surface area contributed by atoms with Crippen LogP contribution >= 0.6 is 0 Å². The third-order valence-corrected chi connectivity index (χ3v) is 5.25. The highest BCUT2D eigenvalue weighted by Gasteiger charge is 2.56. The van der Waals surface area contributed by atoms with Crippen molar-refractivity contribution in [3.05, 3.63) is 35.1 Å². The van der Waals surface area contributed by atoms with E-state index in [1.165, 1.54) is 30.4 Å². The summed E-state index contributed by atoms with van der Waals surface area (Å²) in [5.41, 5.74) is 10.8. The molecule has 104 valence electrons. The highest BCUT2D eigenvalue weighted by Crippen LogP contribution is 2.64. The molecule has 3 nitrogen and oxygen atoms in total. The molecule has 1 aromatic heterocycles. The van der Waals surface area contributed by atoms with E-state index in [1.807, 2.05) is 0 Å². The predicted octanol–water partition coefficient (Wildman–Crippen LogP) is 4.05. The van der Waals surface area contributed by atoms with Gasteiger partial charge >= 0.3 is 0 Å². The molecule has 2 N–H and O–H groups in total. The summed E-state index contributed by atoms with van der Waals surface area (Å²) in [4.78, 5) is 0. The number of fused-ring (bicyclic) bond motifs is 1. The van der Waals surface area contributed by atoms with E-state index in [2.05, 4.69) is 37.2 Å². The molecule has 3 heteroatoms. The standard InChI is InChI=1S/C17H20N2O/c1-9-6-7-11(8-10(9)2)14-16(20-19-17(14)18)15-12-4-3-5-13(12)15/h6-8,12-13,15H,3-5H2,1-2H3,(H2,18,19). The van der Waals surface area contributed by atoms with Gasteiger partial charge in [0.15, 0.2) is 5.82 Å². The van der Waals surface area contributed by atoms with Crippen LogP contribution in [0, 0.1) is 25.7 Å². The Balaban J connectivity index is 1.78. The lowest BCUT2D eigenvalue weighted by atomic mass is 9.97. The molecular weight excluding hydrogens is 248 g/mol. The number of hydrogen-bond donors (Lipinski definition) is 1. The van der Waals surface area contributed by atoms with Crippen LogP contribution in [0.1, 0.15) is 42.1 Å². The zero-order valence-corrected chi connectivity index (χ0v) is 12.0. The van der Waals surface area contributed by atoms with Gasteiger partial charge in [-0.15, -0.1) is 0 Å². The second-order valence-electron chi connectivity index (χ2n) is 6.39. The third-order valence-electron chi connectivity index (χ3n) is 5.25. The molecule has 2 aliphatic rings. The zero-order valence-electron chi connectivity index (χ0n) is 12.0. The van der Waals surface area contributed by atoms with Crippen molar-refractivity contribution < 1.29 is 4.52 Å². The summed E-state index contributed by atoms with van der Waals surface area (Å²) in [6.45, 7) is 4.26. The molecule has 1 aromatic carbocycles. The molecule has 0 aliphatic heterocycles. The number of rotatable bonds is 2. The second kappa shape index (κ2) is 4.11. The van der Waals surface area contributed by atoms with Crippen LogP contribution in [0.4, 0.5) is 5.82 Å². The molecule has 20 heavy (non-hydrogen) atoms. The van der Waals surface area contributed by atoms with E-state index in [4.69, 9.17) is 10.3 Å². The van der Waals surface area contributed by atoms with Gasteiger partial charge in [0.05, 0.1) is 5.56 Å². The molecule has 0 saturated heterocycles. The molecule has 2 unspecified atom stereocenters. The van der Waals surface area contributed by atoms with Crippen LogP contribution in [0.5, 0.6) is 0 Å². The normalized spacial score (nSPS) is 27.6. The summed E-state index contributed by atoms with van der Waals surface area (Å²) in [5.74, 6) is 3.75. The van der Waals surface area contributed by atoms with E-state index in [9.17, 15) is 0 Å². The first kappa shape index (κ1) is 12.0. The highest BCUT2D eigenvalue weighted by molar-refractivity contribution is 5.77. The van der Waals surface area contributed by atoms with Gasteiger partial charge in [-0.25, -0.2) is 0 Å². The number of benzene rings is 1. The molecule has 2 atom stereocenters. The Labute approximate surface area is 119 Å². The topological polar surface area (TPSA) is 52.0 Å². The number of nitrogens with two attached hydrogens (primary N) is 1. The molecule has 2 aromatic rings. The molecule has 0 amide bonds. The first-order chi connectivity index (χ1) is 9.66. The van der Waals surface area contributed by atoms with Gasteiger partial charge in [-0.3, -0.25) is 0 Å². The summed E-state index contributed by atoms with van der Waals surface area (Å²) in [6, 6.07) is 6.47. The minimum absolute atomic E-state index is 0.535. The SMILES string of the molecule is Cc1ccc(-c2c(N)noc2C2C3CCCC32)cc1C. The Bertz CT molecular complexity index is 664. The van der Waals surface area contributed by atoms with Crippen LogP contribution in [-0.2, 0) is 0 Å². The first-order valence-electron chi connectivity index (χ1n) is 7.49. The molecule has 2 aliphatic carbocycles. The second-order valence-corrected chi connectivity index (χ2v) is 6.39. The van der Waals surface area contributed by atoms with E-state index >= 15 is 0 Å². The summed E-state index contributed by atoms with van der Waals surface area (Å²) in [7, 11) is 0. The number of aromatic nitrogens is 1. The Morgan fingerprint density at radius 1 is 1.15 bits per heavy atom. The number of aryl methyl sites for hydroxylation is 2. The average Bonchev–Trinajstić information content (AvgIpc) is 2.78. The average molecular weight is 268 g/mol. The summed E-state index contributed by atoms with van der Waals surface area (Å²) < 4.78 is 5.61. The minimum atomic E-state index is 0.535. The minimum Gasteiger partial charge on any atom is -0.380 e. The maximum Gasteiger partial charge on any atom is 0.175 e. The van der Waals surface area contributed by atoms with Gasteiger partial charge in [-0.1, -0.05) is 29.8 Å². The van der Waals surface area contributed by atoms with Crippen molar-refractivity contribution in [2.24, 2.45) is 11.8 Å². The lowest BCUT2D eigenvalue weighted by Gasteiger charge is -2.07. The lowest BCUT2D eigenvalue weighted by Crippen LogP contribution is -1.93. The van der Waals surface area contributed by atoms with Crippen molar-refractivity contribution in [3.8, 4) is 11.1 Å². The van der Waals surface area contributed by atoms with E-state index in [0.717, 1.165) is 28.7 Å². The summed E-state index contributed by atoms with van der Waals surface area (Å²) >= 11 is 0. The molecule has 0 radical (unpaired) electrons. The quantitative estimate of drug-likeness (QED) is 0.893. The smallest absolute Gasteiger partial charge is 0.175 e. The van der Waals surface area contributed by atoms with E-state index in [0.29, 0.717) is 11.7 Å². The van der Waals surface area contributed by atoms with Crippen molar-refractivity contribution in [1.82, 2.24) is 5.16 Å². The Morgan fingerprint density at radius 3 is 2.60 bits per heavy atom. The Morgan fingerprint density at radius 2 is 1.90 bits per heavy atom. The fourth-order valence-corrected chi connectivity index (χ4v) is 3.94. The van der Waals surface area contributed by atoms with Crippen LogP contribution in [0.25, 0.3) is 11.1 Å². The van der Waals surface area contributed by atoms with Crippen LogP contribution in [-0.4, -0.2) is 5.16 Å². The van der Waals surface area contributed by atoms with Crippen molar-refractivity contribution in [2.75, 3.05) is 5.73 Å². The van der Waals surface area contributed by atoms with Crippen LogP contribution in [0.15, 0.2) is 22.7 Å². The fraction of sp³-hybridized carbons (Fsp3) is 0.471. The van der Waals surface area contributed by atoms with Crippen molar-refractivity contribution >= 4 is 5.82 Å². The van der Waals surface area contributed by atoms with Gasteiger partial charge in [0.25, 0.3) is 0 Å². The fourth-order valence-electron chi connectivity index (χ4n) is 3.94. The van der Waals surface area contributed by atoms with Crippen molar-refractivity contribution in [1.29, 1.82) is 0 Å². The van der Waals surface area contributed by atoms with Crippen LogP contribution < -0.4 is 5.73 Å². The van der Waals surface area contributed by atoms with Gasteiger partial charge < -0.3 is 10.3 Å². The van der Waals surface area contributed by atoms with E-state index in [-0.39, 0.29) is 0 Å². The molecule has 0 bridgehead atoms. The maximum absolute atomic E-state index is 6.07. The largest absolute Gasteiger partial charge is 0.380 e. The third kappa shape index (κ3) is 1.62. The van der Waals surface area contributed by atoms with Gasteiger partial charge in [0.1, 0.15) is 5.76 Å². The molecule has 2 fully saturated rings. The molecule has 2 saturated carbocycles. The maximum atomic E-state index is 6.07. The van der Waals surface area contributed by atoms with E-state index in [1.54, 1.807) is 0 Å². The van der Waals surface area contributed by atoms with Gasteiger partial charge in [-0.2, -0.15) is 0 Å². The molecule has 0 spiro atoms. The molecule has 1 heterocycles. The predicted molar refractivity (Wildman–Crippen MR) is 79.4 cm³/mol. The number of nitrogen functional groups attached to an aromatic ring is 1. The lowest BCUT2D eigenvalue weighted by molar-refractivity contribution is 0.376. The summed E-state index contributed by atoms with van der Waals surface area (Å²) in [6.07, 6.45) is 4.04. The number of nitrogens with zero attached hydrogens (tertiary/aromatic N) is 1. The Kier molecular flexibility index (Phi) is 2.47. The van der Waals surface area contributed by atoms with Gasteiger partial charge in [0.2, 0.25) is 0 Å². The Hall–Kier alpha value is -1.77. The first-order valence-corrected chi connectivity index (χ1v) is 7.49. The number of anilines is 1.